The molecular weight excluding hydrogens is 893 g/mol. The Labute approximate surface area is 433 Å². The molecule has 0 saturated carbocycles. The van der Waals surface area contributed by atoms with Gasteiger partial charge in [0.15, 0.2) is 0 Å². The van der Waals surface area contributed by atoms with Crippen molar-refractivity contribution in [2.45, 2.75) is 158 Å². The molecule has 0 aliphatic carbocycles. The molecule has 5 fully saturated rings. The van der Waals surface area contributed by atoms with Gasteiger partial charge < -0.3 is 24.5 Å². The van der Waals surface area contributed by atoms with Crippen LogP contribution in [0.1, 0.15) is 109 Å². The maximum Gasteiger partial charge on any atom is 0.246 e. The number of amides is 5. The number of hydrogen-bond acceptors (Lipinski definition) is 10. The maximum absolute atomic E-state index is 11.6. The Morgan fingerprint density at radius 2 is 0.676 bits per heavy atom. The Bertz CT molecular complexity index is 1640. The molecule has 3 atom stereocenters. The van der Waals surface area contributed by atoms with Gasteiger partial charge in [-0.15, -0.1) is 0 Å². The summed E-state index contributed by atoms with van der Waals surface area (Å²) in [5.41, 5.74) is 0. The summed E-state index contributed by atoms with van der Waals surface area (Å²) >= 11 is 0. The van der Waals surface area contributed by atoms with Gasteiger partial charge >= 0.3 is 0 Å². The number of hydrogen-bond donors (Lipinski definition) is 0. The second-order valence-corrected chi connectivity index (χ2v) is 20.8. The Balaban J connectivity index is 0.000000444. The van der Waals surface area contributed by atoms with E-state index < -0.39 is 0 Å². The predicted octanol–water partition coefficient (Wildman–Crippen LogP) is 5.96. The van der Waals surface area contributed by atoms with E-state index in [9.17, 15) is 24.0 Å². The molecule has 0 unspecified atom stereocenters. The van der Waals surface area contributed by atoms with Crippen molar-refractivity contribution in [3.63, 3.8) is 0 Å². The van der Waals surface area contributed by atoms with E-state index in [0.717, 1.165) is 131 Å². The van der Waals surface area contributed by atoms with Crippen LogP contribution in [0.5, 0.6) is 0 Å². The van der Waals surface area contributed by atoms with Crippen LogP contribution in [0.4, 0.5) is 0 Å². The van der Waals surface area contributed by atoms with Gasteiger partial charge in [-0.25, -0.2) is 0 Å². The smallest absolute Gasteiger partial charge is 0.246 e. The fourth-order valence-corrected chi connectivity index (χ4v) is 9.50. The van der Waals surface area contributed by atoms with Crippen molar-refractivity contribution in [2.75, 3.05) is 111 Å². The lowest BCUT2D eigenvalue weighted by molar-refractivity contribution is -0.131. The molecule has 0 spiro atoms. The second kappa shape index (κ2) is 34.3. The van der Waals surface area contributed by atoms with Gasteiger partial charge in [0, 0.05) is 160 Å². The summed E-state index contributed by atoms with van der Waals surface area (Å²) in [7, 11) is 0. The molecule has 5 rings (SSSR count). The number of carbonyl (C=O) groups excluding carboxylic acids is 5. The largest absolute Gasteiger partial charge is 0.338 e. The van der Waals surface area contributed by atoms with E-state index >= 15 is 0 Å². The Kier molecular flexibility index (Phi) is 31.3. The van der Waals surface area contributed by atoms with E-state index in [1.54, 1.807) is 0 Å². The third kappa shape index (κ3) is 22.7. The molecule has 0 N–H and O–H groups in total. The minimum Gasteiger partial charge on any atom is -0.338 e. The molecule has 5 saturated heterocycles. The molecule has 0 aromatic rings. The van der Waals surface area contributed by atoms with Gasteiger partial charge in [-0.3, -0.25) is 48.5 Å². The van der Waals surface area contributed by atoms with Gasteiger partial charge in [-0.05, 0) is 133 Å². The highest BCUT2D eigenvalue weighted by Crippen LogP contribution is 2.17. The van der Waals surface area contributed by atoms with Crippen molar-refractivity contribution in [1.29, 1.82) is 0 Å². The molecule has 15 nitrogen and oxygen atoms in total. The van der Waals surface area contributed by atoms with Crippen molar-refractivity contribution in [3.8, 4) is 0 Å². The highest BCUT2D eigenvalue weighted by Gasteiger charge is 2.30. The molecule has 5 aliphatic heterocycles. The van der Waals surface area contributed by atoms with Gasteiger partial charge in [0.1, 0.15) is 0 Å². The average molecular weight is 995 g/mol. The molecule has 71 heavy (non-hydrogen) atoms. The lowest BCUT2D eigenvalue weighted by Gasteiger charge is -2.42. The van der Waals surface area contributed by atoms with E-state index in [2.05, 4.69) is 147 Å². The fraction of sp³-hybridized carbons (Fsp3) is 0.732. The standard InChI is InChI=1S/2C12H22N2O.2C11H20N2O.C10H18N2O/c1-5-12(15)14-8-6-7-13(10(2)3)9-11(14)4;1-5-11-9-13(10(3)4)7-8-14(11)12(15)6-2;1-5-11(14)13-7-6-12(9(2)3)8-10(13)4;1-4-11(14)13-7-5-6-12(8-9-13)10(2)3;1-4-10(13)12-7-5-11(6-8-12)9(2)3/h5,10-11H,1,6-9H2,2-4H3;6,10-11H,2,5,7-9H2,1,3-4H3;5,9-10H,1,6-8H2,2-4H3;4,10H,1,5-9H2,2-3H3;4,9H,1,5-8H2,2-3H3/t2*11-;10-;;/m111../s1. The van der Waals surface area contributed by atoms with Crippen LogP contribution in [0.15, 0.2) is 63.3 Å². The van der Waals surface area contributed by atoms with Gasteiger partial charge in [0.25, 0.3) is 0 Å². The van der Waals surface area contributed by atoms with Gasteiger partial charge in [0.2, 0.25) is 29.5 Å². The van der Waals surface area contributed by atoms with Gasteiger partial charge in [0.05, 0.1) is 0 Å². The highest BCUT2D eigenvalue weighted by atomic mass is 16.2. The predicted molar refractivity (Wildman–Crippen MR) is 295 cm³/mol. The van der Waals surface area contributed by atoms with Crippen LogP contribution in [0.25, 0.3) is 0 Å². The summed E-state index contributed by atoms with van der Waals surface area (Å²) in [6.45, 7) is 61.9. The third-order valence-electron chi connectivity index (χ3n) is 14.4. The summed E-state index contributed by atoms with van der Waals surface area (Å²) in [6.07, 6.45) is 10.2. The zero-order valence-electron chi connectivity index (χ0n) is 47.2. The van der Waals surface area contributed by atoms with Crippen LogP contribution in [0.3, 0.4) is 0 Å². The summed E-state index contributed by atoms with van der Waals surface area (Å²) < 4.78 is 0. The van der Waals surface area contributed by atoms with Crippen LogP contribution in [-0.4, -0.2) is 238 Å². The number of carbonyl (C=O) groups is 5. The minimum absolute atomic E-state index is 0.0564. The van der Waals surface area contributed by atoms with E-state index in [-0.39, 0.29) is 29.5 Å². The third-order valence-corrected chi connectivity index (χ3v) is 14.4. The van der Waals surface area contributed by atoms with Gasteiger partial charge in [-0.1, -0.05) is 39.8 Å². The van der Waals surface area contributed by atoms with Crippen molar-refractivity contribution >= 4 is 29.5 Å². The van der Waals surface area contributed by atoms with Crippen molar-refractivity contribution in [3.05, 3.63) is 63.3 Å². The van der Waals surface area contributed by atoms with Crippen LogP contribution in [0, 0.1) is 0 Å². The number of rotatable bonds is 11. The molecule has 0 aromatic heterocycles. The first-order valence-corrected chi connectivity index (χ1v) is 26.8. The highest BCUT2D eigenvalue weighted by molar-refractivity contribution is 5.89. The van der Waals surface area contributed by atoms with E-state index in [1.165, 1.54) is 30.4 Å². The zero-order valence-corrected chi connectivity index (χ0v) is 47.2. The Morgan fingerprint density at radius 3 is 1.06 bits per heavy atom. The van der Waals surface area contributed by atoms with Crippen molar-refractivity contribution in [1.82, 2.24) is 49.0 Å². The van der Waals surface area contributed by atoms with E-state index in [0.29, 0.717) is 48.3 Å². The topological polar surface area (TPSA) is 118 Å². The van der Waals surface area contributed by atoms with E-state index in [4.69, 9.17) is 0 Å². The monoisotopic (exact) mass is 995 g/mol. The van der Waals surface area contributed by atoms with Crippen molar-refractivity contribution < 1.29 is 24.0 Å². The first kappa shape index (κ1) is 64.9. The quantitative estimate of drug-likeness (QED) is 0.230. The van der Waals surface area contributed by atoms with Crippen LogP contribution in [-0.2, 0) is 24.0 Å². The number of nitrogens with zero attached hydrogens (tertiary/aromatic N) is 10. The van der Waals surface area contributed by atoms with Crippen LogP contribution < -0.4 is 0 Å². The summed E-state index contributed by atoms with van der Waals surface area (Å²) in [5, 5.41) is 0. The molecule has 0 radical (unpaired) electrons. The van der Waals surface area contributed by atoms with Crippen LogP contribution in [0.2, 0.25) is 0 Å². The summed E-state index contributed by atoms with van der Waals surface area (Å²) in [4.78, 5) is 78.8. The molecule has 15 heteroatoms. The molecule has 5 aliphatic rings. The average Bonchev–Trinajstić information content (AvgIpc) is 3.75. The summed E-state index contributed by atoms with van der Waals surface area (Å²) in [5.74, 6) is 0.318. The first-order valence-electron chi connectivity index (χ1n) is 26.8. The maximum atomic E-state index is 11.6. The molecule has 5 heterocycles. The lowest BCUT2D eigenvalue weighted by atomic mass is 10.1. The van der Waals surface area contributed by atoms with Crippen LogP contribution >= 0.6 is 0 Å². The summed E-state index contributed by atoms with van der Waals surface area (Å²) in [6, 6.07) is 3.81. The number of piperazine rings is 3. The van der Waals surface area contributed by atoms with Gasteiger partial charge in [-0.2, -0.15) is 0 Å². The first-order chi connectivity index (χ1) is 33.5. The SMILES string of the molecule is C=CC(=O)N1CCCN(C(C)C)CC1.C=CC(=O)N1CCCN(C(C)C)C[C@H]1C.C=CC(=O)N1CCN(C(C)C)CC1.C=CC(=O)N1CCN(C(C)C)C[C@H]1C.C=CC(=O)N1CCN(C(C)C)C[C@H]1CC. The molecule has 5 amide bonds. The lowest BCUT2D eigenvalue weighted by Crippen LogP contribution is -2.56. The molecule has 0 aromatic carbocycles. The Morgan fingerprint density at radius 1 is 0.380 bits per heavy atom. The molecule has 0 bridgehead atoms. The molecule has 406 valence electrons. The molecular formula is C56H102N10O5. The van der Waals surface area contributed by atoms with E-state index in [1.807, 2.05) is 24.5 Å². The minimum atomic E-state index is 0.0564. The Hall–Kier alpha value is -4.15. The second-order valence-electron chi connectivity index (χ2n) is 20.8. The fourth-order valence-electron chi connectivity index (χ4n) is 9.50. The normalized spacial score (nSPS) is 22.1. The zero-order chi connectivity index (χ0) is 54.0. The van der Waals surface area contributed by atoms with Crippen molar-refractivity contribution in [2.24, 2.45) is 0 Å².